The van der Waals surface area contributed by atoms with Crippen molar-refractivity contribution in [3.8, 4) is 0 Å². The first kappa shape index (κ1) is 20.7. The minimum Gasteiger partial charge on any atom is -0.378 e. The minimum atomic E-state index is 0.381. The fourth-order valence-electron chi connectivity index (χ4n) is 6.21. The zero-order valence-electron chi connectivity index (χ0n) is 20.1. The Morgan fingerprint density at radius 1 is 0.583 bits per heavy atom. The Kier molecular flexibility index (Phi) is 4.60. The highest BCUT2D eigenvalue weighted by Gasteiger charge is 2.32. The molecule has 2 heterocycles. The van der Waals surface area contributed by atoms with Gasteiger partial charge in [0.05, 0.1) is 32.0 Å². The maximum Gasteiger partial charge on any atom is 0.0936 e. The molecule has 1 unspecified atom stereocenters. The first-order chi connectivity index (χ1) is 17.8. The van der Waals surface area contributed by atoms with Gasteiger partial charge < -0.3 is 9.47 Å². The van der Waals surface area contributed by atoms with Crippen molar-refractivity contribution in [2.45, 2.75) is 18.7 Å². The molecule has 0 aliphatic carbocycles. The summed E-state index contributed by atoms with van der Waals surface area (Å²) in [6.07, 6.45) is 0.381. The van der Waals surface area contributed by atoms with E-state index in [0.29, 0.717) is 12.1 Å². The number of hydrogen-bond acceptors (Lipinski definition) is 3. The molecule has 2 saturated heterocycles. The van der Waals surface area contributed by atoms with Crippen LogP contribution in [0, 0.1) is 0 Å². The lowest BCUT2D eigenvalue weighted by Gasteiger charge is -2.37. The molecule has 0 N–H and O–H groups in total. The molecule has 3 nitrogen and oxygen atoms in total. The molecule has 36 heavy (non-hydrogen) atoms. The average Bonchev–Trinajstić information content (AvgIpc) is 3.71. The molecule has 0 aromatic heterocycles. The van der Waals surface area contributed by atoms with Crippen molar-refractivity contribution in [2.24, 2.45) is 0 Å². The van der Waals surface area contributed by atoms with Crippen molar-refractivity contribution in [2.75, 3.05) is 26.4 Å². The van der Waals surface area contributed by atoms with Crippen LogP contribution in [0.4, 0.5) is 0 Å². The van der Waals surface area contributed by atoms with Crippen LogP contribution in [0.25, 0.3) is 53.9 Å². The van der Waals surface area contributed by atoms with Gasteiger partial charge in [-0.25, -0.2) is 0 Å². The smallest absolute Gasteiger partial charge is 0.0936 e. The molecule has 0 bridgehead atoms. The summed E-state index contributed by atoms with van der Waals surface area (Å²) in [7, 11) is 0. The summed E-state index contributed by atoms with van der Waals surface area (Å²) in [5.41, 5.74) is 1.35. The van der Waals surface area contributed by atoms with E-state index < -0.39 is 0 Å². The van der Waals surface area contributed by atoms with Crippen LogP contribution in [0.15, 0.2) is 91.0 Å². The topological polar surface area (TPSA) is 25.0 Å². The van der Waals surface area contributed by atoms with Gasteiger partial charge in [-0.05, 0) is 65.5 Å². The highest BCUT2D eigenvalue weighted by molar-refractivity contribution is 6.39. The van der Waals surface area contributed by atoms with Crippen LogP contribution in [0.5, 0.6) is 0 Å². The highest BCUT2D eigenvalue weighted by Crippen LogP contribution is 2.43. The molecule has 2 aliphatic heterocycles. The normalized spacial score (nSPS) is 18.1. The van der Waals surface area contributed by atoms with E-state index in [9.17, 15) is 0 Å². The molecular formula is C33H27NO2. The van der Waals surface area contributed by atoms with E-state index in [2.05, 4.69) is 95.9 Å². The maximum absolute atomic E-state index is 5.58. The van der Waals surface area contributed by atoms with Crippen molar-refractivity contribution in [1.82, 2.24) is 4.90 Å². The molecule has 1 atom stereocenters. The lowest BCUT2D eigenvalue weighted by molar-refractivity contribution is -0.0694. The van der Waals surface area contributed by atoms with Crippen LogP contribution >= 0.6 is 0 Å². The molecule has 2 fully saturated rings. The van der Waals surface area contributed by atoms with Crippen molar-refractivity contribution >= 4 is 53.9 Å². The van der Waals surface area contributed by atoms with Gasteiger partial charge in [-0.2, -0.15) is 0 Å². The molecule has 0 saturated carbocycles. The molecule has 0 amide bonds. The second-order valence-corrected chi connectivity index (χ2v) is 10.3. The summed E-state index contributed by atoms with van der Waals surface area (Å²) >= 11 is 0. The summed E-state index contributed by atoms with van der Waals surface area (Å²) in [5, 5.41) is 13.3. The summed E-state index contributed by atoms with van der Waals surface area (Å²) < 4.78 is 11.1. The number of hydrogen-bond donors (Lipinski definition) is 0. The molecule has 6 aromatic rings. The number of ether oxygens (including phenoxy) is 2. The Bertz CT molecular complexity index is 1780. The largest absolute Gasteiger partial charge is 0.378 e. The SMILES string of the molecule is c1ccc2c(c1)c1ccccc1c1c3cc(CN(CC4CO4)C4COC4)ccc3c3ccccc3c21. The molecular weight excluding hydrogens is 442 g/mol. The lowest BCUT2D eigenvalue weighted by atomic mass is 9.87. The Hall–Kier alpha value is -3.50. The van der Waals surface area contributed by atoms with E-state index in [1.54, 1.807) is 0 Å². The monoisotopic (exact) mass is 469 g/mol. The van der Waals surface area contributed by atoms with Crippen LogP contribution in [0.2, 0.25) is 0 Å². The zero-order chi connectivity index (χ0) is 23.6. The van der Waals surface area contributed by atoms with Gasteiger partial charge in [0.25, 0.3) is 0 Å². The third-order valence-electron chi connectivity index (χ3n) is 8.14. The summed E-state index contributed by atoms with van der Waals surface area (Å²) in [5.74, 6) is 0. The van der Waals surface area contributed by atoms with E-state index in [1.165, 1.54) is 59.4 Å². The first-order valence-corrected chi connectivity index (χ1v) is 12.9. The fraction of sp³-hybridized carbons (Fsp3) is 0.212. The Labute approximate surface area is 209 Å². The van der Waals surface area contributed by atoms with Crippen molar-refractivity contribution in [1.29, 1.82) is 0 Å². The van der Waals surface area contributed by atoms with E-state index in [-0.39, 0.29) is 0 Å². The summed E-state index contributed by atoms with van der Waals surface area (Å²) in [6, 6.07) is 34.3. The number of rotatable bonds is 5. The number of epoxide rings is 1. The van der Waals surface area contributed by atoms with Crippen molar-refractivity contribution in [3.63, 3.8) is 0 Å². The van der Waals surface area contributed by atoms with E-state index in [4.69, 9.17) is 9.47 Å². The number of fused-ring (bicyclic) bond motifs is 11. The quantitative estimate of drug-likeness (QED) is 0.200. The van der Waals surface area contributed by atoms with Gasteiger partial charge in [0.15, 0.2) is 0 Å². The second-order valence-electron chi connectivity index (χ2n) is 10.3. The molecule has 0 radical (unpaired) electrons. The molecule has 2 aliphatic rings. The van der Waals surface area contributed by atoms with Crippen molar-refractivity contribution < 1.29 is 9.47 Å². The predicted molar refractivity (Wildman–Crippen MR) is 149 cm³/mol. The van der Waals surface area contributed by atoms with Crippen LogP contribution in [0.3, 0.4) is 0 Å². The molecule has 8 rings (SSSR count). The van der Waals surface area contributed by atoms with E-state index >= 15 is 0 Å². The Morgan fingerprint density at radius 2 is 1.08 bits per heavy atom. The molecule has 6 aromatic carbocycles. The third kappa shape index (κ3) is 3.17. The van der Waals surface area contributed by atoms with Crippen LogP contribution in [-0.4, -0.2) is 43.4 Å². The van der Waals surface area contributed by atoms with Gasteiger partial charge >= 0.3 is 0 Å². The Balaban J connectivity index is 1.45. The van der Waals surface area contributed by atoms with Crippen LogP contribution < -0.4 is 0 Å². The first-order valence-electron chi connectivity index (χ1n) is 12.9. The molecule has 3 heteroatoms. The second kappa shape index (κ2) is 8.01. The average molecular weight is 470 g/mol. The van der Waals surface area contributed by atoms with Gasteiger partial charge in [-0.3, -0.25) is 4.90 Å². The summed E-state index contributed by atoms with van der Waals surface area (Å²) in [6.45, 7) is 4.44. The van der Waals surface area contributed by atoms with Gasteiger partial charge in [-0.1, -0.05) is 84.9 Å². The van der Waals surface area contributed by atoms with Crippen molar-refractivity contribution in [3.05, 3.63) is 96.6 Å². The molecule has 176 valence electrons. The van der Waals surface area contributed by atoms with Gasteiger partial charge in [0.1, 0.15) is 0 Å². The molecule has 0 spiro atoms. The zero-order valence-corrected chi connectivity index (χ0v) is 20.1. The van der Waals surface area contributed by atoms with E-state index in [0.717, 1.165) is 32.9 Å². The third-order valence-corrected chi connectivity index (χ3v) is 8.14. The lowest BCUT2D eigenvalue weighted by Crippen LogP contribution is -2.49. The summed E-state index contributed by atoms with van der Waals surface area (Å²) in [4.78, 5) is 2.55. The fourth-order valence-corrected chi connectivity index (χ4v) is 6.21. The number of benzene rings is 6. The minimum absolute atomic E-state index is 0.381. The maximum atomic E-state index is 5.58. The van der Waals surface area contributed by atoms with Crippen LogP contribution in [0.1, 0.15) is 5.56 Å². The van der Waals surface area contributed by atoms with Gasteiger partial charge in [0.2, 0.25) is 0 Å². The Morgan fingerprint density at radius 3 is 1.58 bits per heavy atom. The van der Waals surface area contributed by atoms with Gasteiger partial charge in [0, 0.05) is 13.1 Å². The predicted octanol–water partition coefficient (Wildman–Crippen LogP) is 7.05. The van der Waals surface area contributed by atoms with E-state index in [1.807, 2.05) is 0 Å². The highest BCUT2D eigenvalue weighted by atomic mass is 16.6. The standard InChI is InChI=1S/C33H27NO2/c1-4-10-28-24(7-1)25-8-2-6-12-30(25)33-31-15-21(16-34(17-23-20-36-23)22-18-35-19-22)13-14-27(31)26-9-3-5-11-29(26)32(28)33/h1-15,22-23H,16-20H2. The van der Waals surface area contributed by atoms with Gasteiger partial charge in [-0.15, -0.1) is 0 Å². The number of nitrogens with zero attached hydrogens (tertiary/aromatic N) is 1. The van der Waals surface area contributed by atoms with Crippen LogP contribution in [-0.2, 0) is 16.0 Å².